The number of nitrogens with one attached hydrogen (secondary N) is 2. The lowest BCUT2D eigenvalue weighted by Gasteiger charge is -2.24. The van der Waals surface area contributed by atoms with Gasteiger partial charge in [0.15, 0.2) is 0 Å². The van der Waals surface area contributed by atoms with Crippen LogP contribution in [0.15, 0.2) is 0 Å². The van der Waals surface area contributed by atoms with Gasteiger partial charge in [0.2, 0.25) is 11.8 Å². The van der Waals surface area contributed by atoms with Gasteiger partial charge in [-0.1, -0.05) is 0 Å². The van der Waals surface area contributed by atoms with E-state index in [1.54, 1.807) is 0 Å². The summed E-state index contributed by atoms with van der Waals surface area (Å²) in [6, 6.07) is -0.380. The molecule has 2 atom stereocenters. The zero-order valence-corrected chi connectivity index (χ0v) is 9.36. The first-order valence-electron chi connectivity index (χ1n) is 5.34. The van der Waals surface area contributed by atoms with E-state index in [-0.39, 0.29) is 37.0 Å². The number of hydrogen-bond donors (Lipinski definition) is 3. The molecule has 0 aromatic rings. The van der Waals surface area contributed by atoms with Gasteiger partial charge in [-0.2, -0.15) is 0 Å². The molecule has 6 nitrogen and oxygen atoms in total. The first kappa shape index (κ1) is 12.9. The van der Waals surface area contributed by atoms with Crippen molar-refractivity contribution >= 4 is 11.8 Å². The van der Waals surface area contributed by atoms with Crippen LogP contribution in [0.1, 0.15) is 12.8 Å². The zero-order chi connectivity index (χ0) is 12.0. The van der Waals surface area contributed by atoms with Crippen molar-refractivity contribution in [1.29, 1.82) is 0 Å². The molecule has 1 aliphatic heterocycles. The number of piperidine rings is 1. The number of carbonyl (C=O) groups is 2. The molecule has 1 rings (SSSR count). The Morgan fingerprint density at radius 1 is 1.75 bits per heavy atom. The van der Waals surface area contributed by atoms with Crippen LogP contribution in [-0.2, 0) is 14.3 Å². The molecule has 1 aliphatic rings. The predicted molar refractivity (Wildman–Crippen MR) is 56.6 cm³/mol. The van der Waals surface area contributed by atoms with Crippen LogP contribution in [0, 0.1) is 5.92 Å². The number of aliphatic hydroxyl groups is 1. The fourth-order valence-electron chi connectivity index (χ4n) is 1.62. The molecular weight excluding hydrogens is 212 g/mol. The van der Waals surface area contributed by atoms with Gasteiger partial charge in [0.1, 0.15) is 0 Å². The summed E-state index contributed by atoms with van der Waals surface area (Å²) in [5.74, 6) is -0.362. The smallest absolute Gasteiger partial charge is 0.225 e. The summed E-state index contributed by atoms with van der Waals surface area (Å²) < 4.78 is 4.86. The van der Waals surface area contributed by atoms with Gasteiger partial charge in [-0.3, -0.25) is 9.59 Å². The van der Waals surface area contributed by atoms with E-state index in [2.05, 4.69) is 10.6 Å². The molecule has 0 aromatic heterocycles. The normalized spacial score (nSPS) is 22.4. The maximum Gasteiger partial charge on any atom is 0.225 e. The highest BCUT2D eigenvalue weighted by Gasteiger charge is 2.25. The highest BCUT2D eigenvalue weighted by Crippen LogP contribution is 2.10. The molecule has 0 radical (unpaired) electrons. The van der Waals surface area contributed by atoms with Crippen molar-refractivity contribution in [1.82, 2.24) is 10.6 Å². The summed E-state index contributed by atoms with van der Waals surface area (Å²) in [5.41, 5.74) is 0. The Balaban J connectivity index is 2.36. The molecule has 1 saturated heterocycles. The minimum absolute atomic E-state index is 0.0142. The van der Waals surface area contributed by atoms with Crippen molar-refractivity contribution in [3.63, 3.8) is 0 Å². The van der Waals surface area contributed by atoms with E-state index < -0.39 is 0 Å². The maximum absolute atomic E-state index is 11.7. The van der Waals surface area contributed by atoms with Gasteiger partial charge in [-0.15, -0.1) is 0 Å². The van der Waals surface area contributed by atoms with Gasteiger partial charge in [-0.05, 0) is 6.42 Å². The van der Waals surface area contributed by atoms with Crippen LogP contribution in [0.25, 0.3) is 0 Å². The highest BCUT2D eigenvalue weighted by atomic mass is 16.5. The Labute approximate surface area is 94.3 Å². The van der Waals surface area contributed by atoms with Crippen molar-refractivity contribution < 1.29 is 19.4 Å². The van der Waals surface area contributed by atoms with E-state index >= 15 is 0 Å². The van der Waals surface area contributed by atoms with Crippen LogP contribution in [0.4, 0.5) is 0 Å². The predicted octanol–water partition coefficient (Wildman–Crippen LogP) is -1.36. The Bertz CT molecular complexity index is 247. The maximum atomic E-state index is 11.7. The first-order chi connectivity index (χ1) is 7.67. The van der Waals surface area contributed by atoms with Gasteiger partial charge < -0.3 is 20.5 Å². The SMILES string of the molecule is COCC(CO)NC(=O)C1CCC(=O)NC1. The largest absolute Gasteiger partial charge is 0.394 e. The average molecular weight is 230 g/mol. The molecule has 0 aromatic carbocycles. The molecule has 2 unspecified atom stereocenters. The molecule has 92 valence electrons. The minimum Gasteiger partial charge on any atom is -0.394 e. The summed E-state index contributed by atoms with van der Waals surface area (Å²) in [5, 5.41) is 14.3. The molecule has 0 saturated carbocycles. The van der Waals surface area contributed by atoms with E-state index in [9.17, 15) is 9.59 Å². The zero-order valence-electron chi connectivity index (χ0n) is 9.36. The molecule has 0 spiro atoms. The lowest BCUT2D eigenvalue weighted by atomic mass is 9.98. The van der Waals surface area contributed by atoms with Gasteiger partial charge in [0.25, 0.3) is 0 Å². The third-order valence-corrected chi connectivity index (χ3v) is 2.57. The molecule has 2 amide bonds. The van der Waals surface area contributed by atoms with Crippen molar-refractivity contribution in [2.75, 3.05) is 26.9 Å². The number of hydrogen-bond acceptors (Lipinski definition) is 4. The van der Waals surface area contributed by atoms with Crippen LogP contribution in [-0.4, -0.2) is 49.8 Å². The van der Waals surface area contributed by atoms with Crippen molar-refractivity contribution in [3.05, 3.63) is 0 Å². The van der Waals surface area contributed by atoms with E-state index in [4.69, 9.17) is 9.84 Å². The first-order valence-corrected chi connectivity index (χ1v) is 5.34. The van der Waals surface area contributed by atoms with Crippen LogP contribution < -0.4 is 10.6 Å². The molecule has 16 heavy (non-hydrogen) atoms. The summed E-state index contributed by atoms with van der Waals surface area (Å²) >= 11 is 0. The van der Waals surface area contributed by atoms with Gasteiger partial charge in [0, 0.05) is 20.1 Å². The van der Waals surface area contributed by atoms with Crippen molar-refractivity contribution in [2.24, 2.45) is 5.92 Å². The lowest BCUT2D eigenvalue weighted by molar-refractivity contribution is -0.129. The van der Waals surface area contributed by atoms with E-state index in [0.717, 1.165) is 0 Å². The number of ether oxygens (including phenoxy) is 1. The topological polar surface area (TPSA) is 87.7 Å². The Morgan fingerprint density at radius 2 is 2.50 bits per heavy atom. The minimum atomic E-state index is -0.380. The summed E-state index contributed by atoms with van der Waals surface area (Å²) in [6.07, 6.45) is 0.939. The summed E-state index contributed by atoms with van der Waals surface area (Å²) in [4.78, 5) is 22.6. The standard InChI is InChI=1S/C10H18N2O4/c1-16-6-8(5-13)12-10(15)7-2-3-9(14)11-4-7/h7-8,13H,2-6H2,1H3,(H,11,14)(H,12,15). The molecule has 0 bridgehead atoms. The monoisotopic (exact) mass is 230 g/mol. The van der Waals surface area contributed by atoms with Gasteiger partial charge >= 0.3 is 0 Å². The fraction of sp³-hybridized carbons (Fsp3) is 0.800. The highest BCUT2D eigenvalue weighted by molar-refractivity contribution is 5.83. The Morgan fingerprint density at radius 3 is 3.00 bits per heavy atom. The molecule has 3 N–H and O–H groups in total. The van der Waals surface area contributed by atoms with E-state index in [1.807, 2.05) is 0 Å². The third kappa shape index (κ3) is 3.79. The Kier molecular flexibility index (Phi) is 5.21. The number of rotatable bonds is 5. The fourth-order valence-corrected chi connectivity index (χ4v) is 1.62. The molecule has 1 heterocycles. The lowest BCUT2D eigenvalue weighted by Crippen LogP contribution is -2.48. The van der Waals surface area contributed by atoms with Crippen molar-refractivity contribution in [3.8, 4) is 0 Å². The second-order valence-electron chi connectivity index (χ2n) is 3.88. The van der Waals surface area contributed by atoms with Crippen LogP contribution in [0.3, 0.4) is 0 Å². The van der Waals surface area contributed by atoms with Crippen molar-refractivity contribution in [2.45, 2.75) is 18.9 Å². The second kappa shape index (κ2) is 6.44. The molecular formula is C10H18N2O4. The summed E-state index contributed by atoms with van der Waals surface area (Å²) in [7, 11) is 1.51. The number of carbonyl (C=O) groups excluding carboxylic acids is 2. The molecule has 1 fully saturated rings. The van der Waals surface area contributed by atoms with Gasteiger partial charge in [0.05, 0.1) is 25.2 Å². The van der Waals surface area contributed by atoms with E-state index in [0.29, 0.717) is 19.4 Å². The van der Waals surface area contributed by atoms with E-state index in [1.165, 1.54) is 7.11 Å². The molecule has 6 heteroatoms. The average Bonchev–Trinajstić information content (AvgIpc) is 2.29. The number of amides is 2. The Hall–Kier alpha value is -1.14. The molecule has 0 aliphatic carbocycles. The van der Waals surface area contributed by atoms with Gasteiger partial charge in [-0.25, -0.2) is 0 Å². The summed E-state index contributed by atoms with van der Waals surface area (Å²) in [6.45, 7) is 0.496. The van der Waals surface area contributed by atoms with Crippen LogP contribution >= 0.6 is 0 Å². The number of methoxy groups -OCH3 is 1. The van der Waals surface area contributed by atoms with Crippen LogP contribution in [0.2, 0.25) is 0 Å². The van der Waals surface area contributed by atoms with Crippen LogP contribution in [0.5, 0.6) is 0 Å². The number of aliphatic hydroxyl groups excluding tert-OH is 1. The quantitative estimate of drug-likeness (QED) is 0.544. The second-order valence-corrected chi connectivity index (χ2v) is 3.88. The third-order valence-electron chi connectivity index (χ3n) is 2.57.